The minimum Gasteiger partial charge on any atom is -0.119 e. The van der Waals surface area contributed by atoms with Crippen LogP contribution in [0.4, 0.5) is 0 Å². The Morgan fingerprint density at radius 1 is 0.769 bits per heavy atom. The van der Waals surface area contributed by atoms with E-state index in [-0.39, 0.29) is 148 Å². The Morgan fingerprint density at radius 2 is 1.08 bits per heavy atom. The van der Waals surface area contributed by atoms with E-state index in [0.29, 0.717) is 13.2 Å². The van der Waals surface area contributed by atoms with E-state index < -0.39 is 8.25 Å². The summed E-state index contributed by atoms with van der Waals surface area (Å²) in [6.07, 6.45) is 1.92. The largest absolute Gasteiger partial charge is 0.697 e. The SMILES string of the molecule is O=[P+]1OCCCCO1.[Na].[Na].[Na].[Na].[Na]. The van der Waals surface area contributed by atoms with Crippen molar-refractivity contribution in [1.82, 2.24) is 0 Å². The molecule has 1 aliphatic rings. The van der Waals surface area contributed by atoms with E-state index in [1.165, 1.54) is 0 Å². The average molecular weight is 250 g/mol. The van der Waals surface area contributed by atoms with E-state index in [1.54, 1.807) is 0 Å². The molecule has 5 radical (unpaired) electrons. The minimum absolute atomic E-state index is 0. The zero-order valence-corrected chi connectivity index (χ0v) is 20.4. The first-order valence-corrected chi connectivity index (χ1v) is 3.72. The Hall–Kier alpha value is 5.02. The van der Waals surface area contributed by atoms with Gasteiger partial charge in [-0.3, -0.25) is 0 Å². The number of hydrogen-bond donors (Lipinski definition) is 0. The van der Waals surface area contributed by atoms with Crippen LogP contribution < -0.4 is 0 Å². The predicted octanol–water partition coefficient (Wildman–Crippen LogP) is -0.433. The van der Waals surface area contributed by atoms with Crippen LogP contribution in [0, 0.1) is 0 Å². The molecule has 0 N–H and O–H groups in total. The molecule has 0 aromatic carbocycles. The Morgan fingerprint density at radius 3 is 1.38 bits per heavy atom. The van der Waals surface area contributed by atoms with Crippen LogP contribution in [0.1, 0.15) is 12.8 Å². The van der Waals surface area contributed by atoms with Crippen LogP contribution in [0.3, 0.4) is 0 Å². The molecular formula is C4H8Na5O3P+. The predicted molar refractivity (Wildman–Crippen MR) is 57.5 cm³/mol. The summed E-state index contributed by atoms with van der Waals surface area (Å²) in [4.78, 5) is 0. The van der Waals surface area contributed by atoms with Gasteiger partial charge in [0.2, 0.25) is 0 Å². The molecule has 0 spiro atoms. The molecule has 3 nitrogen and oxygen atoms in total. The second kappa shape index (κ2) is 22.2. The molecule has 1 fully saturated rings. The Labute approximate surface area is 191 Å². The standard InChI is InChI=1S/C4H8O3P.5Na/c5-8-6-3-1-2-4-7-8;;;;;/h1-4H2;;;;;/q+1;;;;;. The van der Waals surface area contributed by atoms with Crippen molar-refractivity contribution in [3.05, 3.63) is 0 Å². The van der Waals surface area contributed by atoms with Gasteiger partial charge in [0.05, 0.1) is 0 Å². The van der Waals surface area contributed by atoms with Gasteiger partial charge in [0.25, 0.3) is 0 Å². The molecule has 51 valence electrons. The van der Waals surface area contributed by atoms with E-state index in [4.69, 9.17) is 0 Å². The van der Waals surface area contributed by atoms with Gasteiger partial charge in [-0.1, -0.05) is 0 Å². The molecule has 0 aliphatic carbocycles. The molecule has 0 aromatic heterocycles. The smallest absolute Gasteiger partial charge is 0.119 e. The zero-order chi connectivity index (χ0) is 5.82. The van der Waals surface area contributed by atoms with Gasteiger partial charge >= 0.3 is 8.25 Å². The first kappa shape index (κ1) is 30.8. The Bertz CT molecular complexity index is 95.8. The van der Waals surface area contributed by atoms with E-state index in [2.05, 4.69) is 9.05 Å². The normalized spacial score (nSPS) is 14.0. The van der Waals surface area contributed by atoms with Gasteiger partial charge in [0, 0.05) is 152 Å². The second-order valence-electron chi connectivity index (χ2n) is 1.60. The van der Waals surface area contributed by atoms with Gasteiger partial charge in [-0.15, -0.1) is 9.05 Å². The van der Waals surface area contributed by atoms with Gasteiger partial charge in [0.1, 0.15) is 13.2 Å². The molecule has 13 heavy (non-hydrogen) atoms. The Kier molecular flexibility index (Phi) is 52.6. The molecule has 0 saturated carbocycles. The first-order valence-electron chi connectivity index (χ1n) is 2.63. The third kappa shape index (κ3) is 19.5. The quantitative estimate of drug-likeness (QED) is 0.432. The van der Waals surface area contributed by atoms with Crippen molar-refractivity contribution in [3.63, 3.8) is 0 Å². The van der Waals surface area contributed by atoms with Crippen molar-refractivity contribution >= 4 is 156 Å². The van der Waals surface area contributed by atoms with Gasteiger partial charge in [-0.05, 0) is 12.8 Å². The minimum atomic E-state index is -1.77. The van der Waals surface area contributed by atoms with Gasteiger partial charge in [-0.2, -0.15) is 0 Å². The first-order chi connectivity index (χ1) is 3.89. The molecule has 0 atom stereocenters. The summed E-state index contributed by atoms with van der Waals surface area (Å²) in [5, 5.41) is 0. The van der Waals surface area contributed by atoms with Crippen molar-refractivity contribution in [2.75, 3.05) is 13.2 Å². The fourth-order valence-electron chi connectivity index (χ4n) is 0.520. The fourth-order valence-corrected chi connectivity index (χ4v) is 1.15. The fraction of sp³-hybridized carbons (Fsp3) is 1.00. The van der Waals surface area contributed by atoms with Crippen molar-refractivity contribution in [3.8, 4) is 0 Å². The van der Waals surface area contributed by atoms with Crippen LogP contribution in [-0.2, 0) is 13.6 Å². The summed E-state index contributed by atoms with van der Waals surface area (Å²) in [5.74, 6) is 0. The zero-order valence-electron chi connectivity index (χ0n) is 9.50. The summed E-state index contributed by atoms with van der Waals surface area (Å²) in [7, 11) is -1.77. The molecular weight excluding hydrogens is 242 g/mol. The summed E-state index contributed by atoms with van der Waals surface area (Å²) in [6.45, 7) is 1.16. The van der Waals surface area contributed by atoms with Crippen LogP contribution in [0.2, 0.25) is 0 Å². The van der Waals surface area contributed by atoms with Crippen molar-refractivity contribution < 1.29 is 13.6 Å². The molecule has 1 saturated heterocycles. The van der Waals surface area contributed by atoms with E-state index >= 15 is 0 Å². The van der Waals surface area contributed by atoms with E-state index in [0.717, 1.165) is 12.8 Å². The van der Waals surface area contributed by atoms with Crippen LogP contribution in [-0.4, -0.2) is 161 Å². The second-order valence-corrected chi connectivity index (χ2v) is 2.56. The topological polar surface area (TPSA) is 35.5 Å². The molecule has 0 amide bonds. The molecule has 9 heteroatoms. The maximum Gasteiger partial charge on any atom is 0.697 e. The Balaban J connectivity index is -0.0000000427. The maximum atomic E-state index is 10.4. The summed E-state index contributed by atoms with van der Waals surface area (Å²) in [5.41, 5.74) is 0. The van der Waals surface area contributed by atoms with Crippen LogP contribution in [0.5, 0.6) is 0 Å². The van der Waals surface area contributed by atoms with Crippen LogP contribution >= 0.6 is 8.25 Å². The molecule has 1 rings (SSSR count). The number of rotatable bonds is 0. The van der Waals surface area contributed by atoms with Crippen LogP contribution in [0.15, 0.2) is 0 Å². The van der Waals surface area contributed by atoms with Gasteiger partial charge in [0.15, 0.2) is 0 Å². The van der Waals surface area contributed by atoms with E-state index in [1.807, 2.05) is 0 Å². The summed E-state index contributed by atoms with van der Waals surface area (Å²) >= 11 is 0. The molecule has 1 heterocycles. The van der Waals surface area contributed by atoms with E-state index in [9.17, 15) is 4.57 Å². The summed E-state index contributed by atoms with van der Waals surface area (Å²) in [6, 6.07) is 0. The monoisotopic (exact) mass is 250 g/mol. The third-order valence-electron chi connectivity index (χ3n) is 0.932. The van der Waals surface area contributed by atoms with Gasteiger partial charge in [-0.25, -0.2) is 0 Å². The molecule has 0 aromatic rings. The number of hydrogen-bond acceptors (Lipinski definition) is 3. The van der Waals surface area contributed by atoms with Crippen molar-refractivity contribution in [1.29, 1.82) is 0 Å². The van der Waals surface area contributed by atoms with Gasteiger partial charge < -0.3 is 0 Å². The maximum absolute atomic E-state index is 10.4. The molecule has 0 unspecified atom stereocenters. The third-order valence-corrected chi connectivity index (χ3v) is 1.72. The summed E-state index contributed by atoms with van der Waals surface area (Å²) < 4.78 is 19.8. The molecule has 0 bridgehead atoms. The molecule has 1 aliphatic heterocycles. The van der Waals surface area contributed by atoms with Crippen LogP contribution in [0.25, 0.3) is 0 Å². The van der Waals surface area contributed by atoms with Crippen molar-refractivity contribution in [2.24, 2.45) is 0 Å². The van der Waals surface area contributed by atoms with Crippen molar-refractivity contribution in [2.45, 2.75) is 12.8 Å². The average Bonchev–Trinajstić information content (AvgIpc) is 1.94.